The third-order valence-corrected chi connectivity index (χ3v) is 2.31. The first-order chi connectivity index (χ1) is 4.68. The minimum absolute atomic E-state index is 0.0139. The lowest BCUT2D eigenvalue weighted by atomic mass is 10.2. The summed E-state index contributed by atoms with van der Waals surface area (Å²) in [5.74, 6) is 0.500. The summed E-state index contributed by atoms with van der Waals surface area (Å²) in [6, 6.07) is 0. The maximum atomic E-state index is 9.92. The Bertz CT molecular complexity index is 142. The van der Waals surface area contributed by atoms with Crippen molar-refractivity contribution in [2.45, 2.75) is 12.8 Å². The molecular weight excluding hydrogens is 156 g/mol. The smallest absolute Gasteiger partial charge is 0.450 e. The monoisotopic (exact) mass is 164 g/mol. The molecule has 10 heavy (non-hydrogen) atoms. The van der Waals surface area contributed by atoms with Crippen LogP contribution in [0.5, 0.6) is 0 Å². The minimum atomic E-state index is -1.21. The maximum Gasteiger partial charge on any atom is 0.505 e. The average molecular weight is 165 g/mol. The van der Waals surface area contributed by atoms with Crippen molar-refractivity contribution in [3.63, 3.8) is 0 Å². The highest BCUT2D eigenvalue weighted by molar-refractivity contribution is 6.18. The van der Waals surface area contributed by atoms with Crippen LogP contribution in [0.15, 0.2) is 0 Å². The highest BCUT2D eigenvalue weighted by Crippen LogP contribution is 2.46. The molecule has 0 saturated heterocycles. The second-order valence-electron chi connectivity index (χ2n) is 2.69. The van der Waals surface area contributed by atoms with Gasteiger partial charge in [-0.1, -0.05) is 0 Å². The molecular formula is C6H9ClO3. The van der Waals surface area contributed by atoms with Crippen LogP contribution in [0.1, 0.15) is 12.8 Å². The van der Waals surface area contributed by atoms with E-state index in [2.05, 4.69) is 4.74 Å². The van der Waals surface area contributed by atoms with Crippen LogP contribution in [0.3, 0.4) is 0 Å². The van der Waals surface area contributed by atoms with Gasteiger partial charge in [-0.15, -0.1) is 11.6 Å². The van der Waals surface area contributed by atoms with E-state index in [9.17, 15) is 4.79 Å². The SMILES string of the molecule is O=C(O)OCC1(CCl)CC1. The first-order valence-electron chi connectivity index (χ1n) is 3.10. The molecule has 0 atom stereocenters. The van der Waals surface area contributed by atoms with Gasteiger partial charge in [-0.25, -0.2) is 4.79 Å². The molecule has 4 heteroatoms. The van der Waals surface area contributed by atoms with Crippen molar-refractivity contribution in [1.29, 1.82) is 0 Å². The van der Waals surface area contributed by atoms with Gasteiger partial charge in [-0.2, -0.15) is 0 Å². The van der Waals surface area contributed by atoms with Gasteiger partial charge in [0.2, 0.25) is 0 Å². The summed E-state index contributed by atoms with van der Waals surface area (Å²) in [5.41, 5.74) is -0.0139. The Balaban J connectivity index is 2.19. The normalized spacial score (nSPS) is 20.1. The lowest BCUT2D eigenvalue weighted by Gasteiger charge is -2.08. The standard InChI is InChI=1S/C6H9ClO3/c7-3-6(1-2-6)4-10-5(8)9/h1-4H2,(H,8,9). The molecule has 0 spiro atoms. The Kier molecular flexibility index (Phi) is 2.04. The van der Waals surface area contributed by atoms with E-state index in [1.165, 1.54) is 0 Å². The van der Waals surface area contributed by atoms with Crippen molar-refractivity contribution in [3.05, 3.63) is 0 Å². The molecule has 0 bridgehead atoms. The first-order valence-corrected chi connectivity index (χ1v) is 3.64. The zero-order chi connectivity index (χ0) is 7.61. The Morgan fingerprint density at radius 3 is 2.60 bits per heavy atom. The predicted octanol–water partition coefficient (Wildman–Crippen LogP) is 1.70. The molecule has 0 aromatic rings. The summed E-state index contributed by atoms with van der Waals surface area (Å²) in [6.07, 6.45) is 0.768. The molecule has 58 valence electrons. The van der Waals surface area contributed by atoms with Gasteiger partial charge in [-0.3, -0.25) is 0 Å². The number of hydrogen-bond acceptors (Lipinski definition) is 2. The summed E-state index contributed by atoms with van der Waals surface area (Å²) in [7, 11) is 0. The topological polar surface area (TPSA) is 46.5 Å². The summed E-state index contributed by atoms with van der Waals surface area (Å²) in [4.78, 5) is 9.92. The van der Waals surface area contributed by atoms with E-state index in [0.29, 0.717) is 5.88 Å². The van der Waals surface area contributed by atoms with Crippen LogP contribution in [0.4, 0.5) is 4.79 Å². The fraction of sp³-hybridized carbons (Fsp3) is 0.833. The zero-order valence-electron chi connectivity index (χ0n) is 5.47. The number of alkyl halides is 1. The molecule has 0 radical (unpaired) electrons. The maximum absolute atomic E-state index is 9.92. The van der Waals surface area contributed by atoms with Gasteiger partial charge in [0.05, 0.1) is 0 Å². The molecule has 1 saturated carbocycles. The summed E-state index contributed by atoms with van der Waals surface area (Å²) in [6.45, 7) is 0.256. The molecule has 0 aliphatic heterocycles. The Morgan fingerprint density at radius 2 is 2.30 bits per heavy atom. The van der Waals surface area contributed by atoms with Crippen LogP contribution in [0, 0.1) is 5.41 Å². The van der Waals surface area contributed by atoms with Gasteiger partial charge in [0.1, 0.15) is 6.61 Å². The second-order valence-corrected chi connectivity index (χ2v) is 2.96. The van der Waals surface area contributed by atoms with E-state index in [1.54, 1.807) is 0 Å². The fourth-order valence-corrected chi connectivity index (χ4v) is 1.05. The molecule has 3 nitrogen and oxygen atoms in total. The van der Waals surface area contributed by atoms with Crippen molar-refractivity contribution in [1.82, 2.24) is 0 Å². The largest absolute Gasteiger partial charge is 0.505 e. The van der Waals surface area contributed by atoms with Gasteiger partial charge in [0.15, 0.2) is 0 Å². The van der Waals surface area contributed by atoms with Gasteiger partial charge in [-0.05, 0) is 12.8 Å². The van der Waals surface area contributed by atoms with Gasteiger partial charge in [0, 0.05) is 11.3 Å². The summed E-state index contributed by atoms with van der Waals surface area (Å²) in [5, 5.41) is 8.13. The number of carboxylic acid groups (broad SMARTS) is 1. The van der Waals surface area contributed by atoms with Crippen molar-refractivity contribution in [3.8, 4) is 0 Å². The highest BCUT2D eigenvalue weighted by atomic mass is 35.5. The third kappa shape index (κ3) is 1.77. The number of rotatable bonds is 3. The van der Waals surface area contributed by atoms with Gasteiger partial charge < -0.3 is 9.84 Å². The Hall–Kier alpha value is -0.440. The van der Waals surface area contributed by atoms with Crippen molar-refractivity contribution >= 4 is 17.8 Å². The van der Waals surface area contributed by atoms with E-state index in [0.717, 1.165) is 12.8 Å². The van der Waals surface area contributed by atoms with E-state index in [4.69, 9.17) is 16.7 Å². The van der Waals surface area contributed by atoms with Crippen LogP contribution in [-0.2, 0) is 4.74 Å². The molecule has 1 aliphatic rings. The quantitative estimate of drug-likeness (QED) is 0.510. The minimum Gasteiger partial charge on any atom is -0.450 e. The molecule has 0 unspecified atom stereocenters. The highest BCUT2D eigenvalue weighted by Gasteiger charge is 2.43. The van der Waals surface area contributed by atoms with Crippen LogP contribution in [0.25, 0.3) is 0 Å². The molecule has 1 fully saturated rings. The van der Waals surface area contributed by atoms with E-state index in [1.807, 2.05) is 0 Å². The number of ether oxygens (including phenoxy) is 1. The lowest BCUT2D eigenvalue weighted by Crippen LogP contribution is -2.14. The van der Waals surface area contributed by atoms with Crippen molar-refractivity contribution in [2.24, 2.45) is 5.41 Å². The molecule has 1 N–H and O–H groups in total. The molecule has 0 amide bonds. The zero-order valence-corrected chi connectivity index (χ0v) is 6.23. The van der Waals surface area contributed by atoms with Crippen LogP contribution in [-0.4, -0.2) is 23.7 Å². The lowest BCUT2D eigenvalue weighted by molar-refractivity contribution is 0.0758. The first kappa shape index (κ1) is 7.66. The number of carbonyl (C=O) groups is 1. The van der Waals surface area contributed by atoms with E-state index >= 15 is 0 Å². The molecule has 0 aromatic heterocycles. The Morgan fingerprint density at radius 1 is 1.70 bits per heavy atom. The average Bonchev–Trinajstić information content (AvgIpc) is 2.64. The van der Waals surface area contributed by atoms with Crippen LogP contribution >= 0.6 is 11.6 Å². The fourth-order valence-electron chi connectivity index (χ4n) is 0.708. The van der Waals surface area contributed by atoms with Crippen LogP contribution < -0.4 is 0 Å². The summed E-state index contributed by atoms with van der Waals surface area (Å²) < 4.78 is 4.39. The van der Waals surface area contributed by atoms with E-state index in [-0.39, 0.29) is 12.0 Å². The molecule has 0 aromatic carbocycles. The Labute approximate surface area is 63.9 Å². The molecule has 1 rings (SSSR count). The summed E-state index contributed by atoms with van der Waals surface area (Å²) >= 11 is 5.57. The molecule has 0 heterocycles. The third-order valence-electron chi connectivity index (χ3n) is 1.74. The van der Waals surface area contributed by atoms with Gasteiger partial charge in [0.25, 0.3) is 0 Å². The number of halogens is 1. The number of hydrogen-bond donors (Lipinski definition) is 1. The molecule has 1 aliphatic carbocycles. The van der Waals surface area contributed by atoms with Crippen LogP contribution in [0.2, 0.25) is 0 Å². The second kappa shape index (κ2) is 2.66. The van der Waals surface area contributed by atoms with Crippen molar-refractivity contribution in [2.75, 3.05) is 12.5 Å². The van der Waals surface area contributed by atoms with Crippen molar-refractivity contribution < 1.29 is 14.6 Å². The van der Waals surface area contributed by atoms with E-state index < -0.39 is 6.16 Å². The van der Waals surface area contributed by atoms with Gasteiger partial charge >= 0.3 is 6.16 Å². The predicted molar refractivity (Wildman–Crippen MR) is 36.4 cm³/mol.